The molecule has 0 saturated heterocycles. The van der Waals surface area contributed by atoms with E-state index in [2.05, 4.69) is 53.7 Å². The summed E-state index contributed by atoms with van der Waals surface area (Å²) in [6, 6.07) is 16.8. The molecule has 0 aliphatic carbocycles. The van der Waals surface area contributed by atoms with E-state index in [1.165, 1.54) is 11.1 Å². The van der Waals surface area contributed by atoms with Gasteiger partial charge >= 0.3 is 0 Å². The van der Waals surface area contributed by atoms with Crippen LogP contribution < -0.4 is 0 Å². The van der Waals surface area contributed by atoms with Crippen molar-refractivity contribution in [3.05, 3.63) is 65.5 Å². The molecular weight excluding hydrogens is 284 g/mol. The van der Waals surface area contributed by atoms with Gasteiger partial charge in [0, 0.05) is 6.54 Å². The van der Waals surface area contributed by atoms with E-state index in [4.69, 9.17) is 0 Å². The Bertz CT molecular complexity index is 787. The minimum Gasteiger partial charge on any atom is -0.385 e. The molecule has 120 valence electrons. The molecule has 0 amide bonds. The molecule has 1 heterocycles. The average molecular weight is 308 g/mol. The summed E-state index contributed by atoms with van der Waals surface area (Å²) < 4.78 is 2.11. The molecule has 0 fully saturated rings. The van der Waals surface area contributed by atoms with Gasteiger partial charge in [0.15, 0.2) is 0 Å². The van der Waals surface area contributed by atoms with E-state index in [-0.39, 0.29) is 0 Å². The zero-order valence-electron chi connectivity index (χ0n) is 14.0. The van der Waals surface area contributed by atoms with Gasteiger partial charge in [0.2, 0.25) is 0 Å². The summed E-state index contributed by atoms with van der Waals surface area (Å²) in [5, 5.41) is 10.0. The van der Waals surface area contributed by atoms with Crippen LogP contribution in [0.5, 0.6) is 0 Å². The van der Waals surface area contributed by atoms with E-state index in [1.807, 2.05) is 18.2 Å². The highest BCUT2D eigenvalue weighted by Crippen LogP contribution is 2.23. The highest BCUT2D eigenvalue weighted by atomic mass is 16.3. The normalized spacial score (nSPS) is 14.1. The van der Waals surface area contributed by atoms with Gasteiger partial charge in [-0.05, 0) is 42.5 Å². The Hall–Kier alpha value is -2.13. The molecule has 0 aliphatic heterocycles. The second-order valence-corrected chi connectivity index (χ2v) is 6.27. The van der Waals surface area contributed by atoms with Crippen LogP contribution in [-0.2, 0) is 6.54 Å². The predicted octanol–water partition coefficient (Wildman–Crippen LogP) is 4.65. The number of rotatable bonds is 5. The number of aliphatic hydroxyl groups excluding tert-OH is 1. The molecule has 0 radical (unpaired) electrons. The maximum absolute atomic E-state index is 10.0. The topological polar surface area (TPSA) is 38.0 Å². The Labute approximate surface area is 137 Å². The van der Waals surface area contributed by atoms with Crippen molar-refractivity contribution >= 4 is 11.0 Å². The third kappa shape index (κ3) is 3.15. The van der Waals surface area contributed by atoms with E-state index >= 15 is 0 Å². The second kappa shape index (κ2) is 6.55. The first-order chi connectivity index (χ1) is 11.1. The highest BCUT2D eigenvalue weighted by molar-refractivity contribution is 5.76. The van der Waals surface area contributed by atoms with Crippen LogP contribution in [-0.4, -0.2) is 14.7 Å². The first-order valence-electron chi connectivity index (χ1n) is 8.32. The number of nitrogens with zero attached hydrogens (tertiary/aromatic N) is 2. The smallest absolute Gasteiger partial charge is 0.138 e. The molecule has 0 unspecified atom stereocenters. The van der Waals surface area contributed by atoms with Crippen LogP contribution >= 0.6 is 0 Å². The number of aliphatic hydroxyl groups is 1. The first kappa shape index (κ1) is 15.8. The lowest BCUT2D eigenvalue weighted by molar-refractivity contribution is 0.185. The van der Waals surface area contributed by atoms with Crippen molar-refractivity contribution in [3.8, 4) is 0 Å². The molecule has 3 rings (SSSR count). The molecule has 1 N–H and O–H groups in total. The van der Waals surface area contributed by atoms with Crippen molar-refractivity contribution in [1.29, 1.82) is 0 Å². The molecule has 23 heavy (non-hydrogen) atoms. The molecule has 3 aromatic rings. The van der Waals surface area contributed by atoms with Gasteiger partial charge in [-0.2, -0.15) is 0 Å². The Balaban J connectivity index is 1.96. The summed E-state index contributed by atoms with van der Waals surface area (Å²) in [5.74, 6) is 1.31. The van der Waals surface area contributed by atoms with Gasteiger partial charge < -0.3 is 9.67 Å². The lowest BCUT2D eigenvalue weighted by atomic mass is 9.97. The van der Waals surface area contributed by atoms with Crippen molar-refractivity contribution in [2.45, 2.75) is 45.8 Å². The number of fused-ring (bicyclic) bond motifs is 1. The van der Waals surface area contributed by atoms with E-state index in [0.717, 1.165) is 29.8 Å². The van der Waals surface area contributed by atoms with Crippen molar-refractivity contribution < 1.29 is 5.11 Å². The van der Waals surface area contributed by atoms with Gasteiger partial charge in [-0.25, -0.2) is 4.98 Å². The molecule has 2 atom stereocenters. The number of hydrogen-bond acceptors (Lipinski definition) is 2. The third-order valence-electron chi connectivity index (χ3n) is 4.56. The number of para-hydroxylation sites is 2. The van der Waals surface area contributed by atoms with Crippen LogP contribution in [0.3, 0.4) is 0 Å². The lowest BCUT2D eigenvalue weighted by Crippen LogP contribution is -2.08. The second-order valence-electron chi connectivity index (χ2n) is 6.27. The first-order valence-corrected chi connectivity index (χ1v) is 8.32. The quantitative estimate of drug-likeness (QED) is 0.745. The number of aromatic nitrogens is 2. The van der Waals surface area contributed by atoms with Gasteiger partial charge in [0.1, 0.15) is 11.9 Å². The molecule has 0 bridgehead atoms. The van der Waals surface area contributed by atoms with Gasteiger partial charge in [0.05, 0.1) is 11.0 Å². The lowest BCUT2D eigenvalue weighted by Gasteiger charge is -2.13. The Morgan fingerprint density at radius 2 is 1.74 bits per heavy atom. The Kier molecular flexibility index (Phi) is 4.49. The fraction of sp³-hybridized carbons (Fsp3) is 0.350. The van der Waals surface area contributed by atoms with Gasteiger partial charge in [-0.1, -0.05) is 50.2 Å². The van der Waals surface area contributed by atoms with Crippen molar-refractivity contribution in [3.63, 3.8) is 0 Å². The van der Waals surface area contributed by atoms with Gasteiger partial charge in [0.25, 0.3) is 0 Å². The van der Waals surface area contributed by atoms with Crippen LogP contribution in [0.15, 0.2) is 48.5 Å². The number of hydrogen-bond donors (Lipinski definition) is 1. The van der Waals surface area contributed by atoms with Crippen molar-refractivity contribution in [1.82, 2.24) is 9.55 Å². The zero-order chi connectivity index (χ0) is 16.4. The molecule has 0 saturated carbocycles. The monoisotopic (exact) mass is 308 g/mol. The zero-order valence-corrected chi connectivity index (χ0v) is 14.0. The summed E-state index contributed by atoms with van der Waals surface area (Å²) in [6.45, 7) is 6.96. The molecule has 1 aromatic heterocycles. The van der Waals surface area contributed by atoms with Crippen LogP contribution in [0.4, 0.5) is 0 Å². The Morgan fingerprint density at radius 3 is 2.39 bits per heavy atom. The van der Waals surface area contributed by atoms with Crippen LogP contribution in [0.1, 0.15) is 56.2 Å². The highest BCUT2D eigenvalue weighted by Gasteiger charge is 2.14. The third-order valence-corrected chi connectivity index (χ3v) is 4.56. The minimum atomic E-state index is -0.582. The molecule has 3 heteroatoms. The summed E-state index contributed by atoms with van der Waals surface area (Å²) in [7, 11) is 0. The SMILES string of the molecule is CC[C@H](C)c1ccc(Cn2c([C@H](C)O)nc3ccccc32)cc1. The number of benzene rings is 2. The molecular formula is C20H24N2O. The van der Waals surface area contributed by atoms with Crippen LogP contribution in [0.2, 0.25) is 0 Å². The van der Waals surface area contributed by atoms with E-state index in [1.54, 1.807) is 6.92 Å². The summed E-state index contributed by atoms with van der Waals surface area (Å²) in [5.41, 5.74) is 4.60. The summed E-state index contributed by atoms with van der Waals surface area (Å²) in [4.78, 5) is 4.58. The minimum absolute atomic E-state index is 0.582. The van der Waals surface area contributed by atoms with E-state index in [0.29, 0.717) is 5.92 Å². The van der Waals surface area contributed by atoms with Gasteiger partial charge in [-0.3, -0.25) is 0 Å². The maximum atomic E-state index is 10.0. The molecule has 0 aliphatic rings. The van der Waals surface area contributed by atoms with E-state index in [9.17, 15) is 5.11 Å². The number of imidazole rings is 1. The van der Waals surface area contributed by atoms with Gasteiger partial charge in [-0.15, -0.1) is 0 Å². The molecule has 3 nitrogen and oxygen atoms in total. The fourth-order valence-corrected chi connectivity index (χ4v) is 2.95. The van der Waals surface area contributed by atoms with Crippen molar-refractivity contribution in [2.24, 2.45) is 0 Å². The summed E-state index contributed by atoms with van der Waals surface area (Å²) >= 11 is 0. The maximum Gasteiger partial charge on any atom is 0.138 e. The summed E-state index contributed by atoms with van der Waals surface area (Å²) in [6.07, 6.45) is 0.569. The fourth-order valence-electron chi connectivity index (χ4n) is 2.95. The average Bonchev–Trinajstić information content (AvgIpc) is 2.94. The van der Waals surface area contributed by atoms with Crippen LogP contribution in [0.25, 0.3) is 11.0 Å². The Morgan fingerprint density at radius 1 is 1.04 bits per heavy atom. The van der Waals surface area contributed by atoms with Crippen molar-refractivity contribution in [2.75, 3.05) is 0 Å². The largest absolute Gasteiger partial charge is 0.385 e. The molecule has 2 aromatic carbocycles. The van der Waals surface area contributed by atoms with Crippen LogP contribution in [0, 0.1) is 0 Å². The van der Waals surface area contributed by atoms with E-state index < -0.39 is 6.10 Å². The standard InChI is InChI=1S/C20H24N2O/c1-4-14(2)17-11-9-16(10-12-17)13-22-19-8-6-5-7-18(19)21-20(22)15(3)23/h5-12,14-15,23H,4,13H2,1-3H3/t14-,15-/m0/s1. The predicted molar refractivity (Wildman–Crippen MR) is 94.6 cm³/mol. The molecule has 0 spiro atoms.